The molecule has 1 amide bonds. The zero-order valence-electron chi connectivity index (χ0n) is 16.4. The highest BCUT2D eigenvalue weighted by Crippen LogP contribution is 2.18. The van der Waals surface area contributed by atoms with E-state index >= 15 is 0 Å². The van der Waals surface area contributed by atoms with Crippen molar-refractivity contribution in [3.63, 3.8) is 0 Å². The summed E-state index contributed by atoms with van der Waals surface area (Å²) in [5.74, 6) is -0.382. The molecule has 2 N–H and O–H groups in total. The Labute approximate surface area is 169 Å². The van der Waals surface area contributed by atoms with Gasteiger partial charge in [0, 0.05) is 11.9 Å². The third-order valence-corrected chi connectivity index (χ3v) is 3.96. The van der Waals surface area contributed by atoms with Crippen molar-refractivity contribution in [2.24, 2.45) is 0 Å². The van der Waals surface area contributed by atoms with Gasteiger partial charge in [-0.1, -0.05) is 25.5 Å². The number of hydrogen-bond acceptors (Lipinski definition) is 6. The summed E-state index contributed by atoms with van der Waals surface area (Å²) in [5.41, 5.74) is 1.15. The van der Waals surface area contributed by atoms with Crippen LogP contribution in [0.4, 0.5) is 11.4 Å². The van der Waals surface area contributed by atoms with E-state index in [1.54, 1.807) is 55.6 Å². The molecule has 0 aromatic heterocycles. The summed E-state index contributed by atoms with van der Waals surface area (Å²) >= 11 is 0. The van der Waals surface area contributed by atoms with E-state index in [2.05, 4.69) is 10.6 Å². The number of ether oxygens (including phenoxy) is 2. The number of methoxy groups -OCH3 is 1. The second kappa shape index (κ2) is 11.1. The number of nitrogens with one attached hydrogen (secondary N) is 2. The molecule has 2 aromatic carbocycles. The van der Waals surface area contributed by atoms with E-state index in [-0.39, 0.29) is 5.57 Å². The van der Waals surface area contributed by atoms with Crippen LogP contribution >= 0.6 is 0 Å². The Morgan fingerprint density at radius 1 is 1.14 bits per heavy atom. The number of para-hydroxylation sites is 1. The topological polar surface area (TPSA) is 100 Å². The van der Waals surface area contributed by atoms with E-state index in [9.17, 15) is 14.9 Å². The van der Waals surface area contributed by atoms with Crippen molar-refractivity contribution in [2.45, 2.75) is 19.8 Å². The lowest BCUT2D eigenvalue weighted by molar-refractivity contribution is -0.112. The number of hydrogen-bond donors (Lipinski definition) is 2. The van der Waals surface area contributed by atoms with Crippen LogP contribution in [0, 0.1) is 11.3 Å². The average molecular weight is 393 g/mol. The van der Waals surface area contributed by atoms with Crippen LogP contribution in [0.5, 0.6) is 5.75 Å². The van der Waals surface area contributed by atoms with Gasteiger partial charge in [0.05, 0.1) is 25.0 Å². The van der Waals surface area contributed by atoms with Crippen LogP contribution in [0.2, 0.25) is 0 Å². The first-order valence-electron chi connectivity index (χ1n) is 9.17. The number of rotatable bonds is 9. The Balaban J connectivity index is 2.09. The molecule has 0 spiro atoms. The maximum Gasteiger partial charge on any atom is 0.340 e. The highest BCUT2D eigenvalue weighted by Gasteiger charge is 2.13. The van der Waals surface area contributed by atoms with Gasteiger partial charge in [-0.2, -0.15) is 5.26 Å². The summed E-state index contributed by atoms with van der Waals surface area (Å²) in [7, 11) is 1.55. The van der Waals surface area contributed by atoms with Gasteiger partial charge in [0.15, 0.2) is 0 Å². The molecule has 7 heteroatoms. The van der Waals surface area contributed by atoms with Gasteiger partial charge in [-0.25, -0.2) is 4.79 Å². The second-order valence-corrected chi connectivity index (χ2v) is 6.03. The van der Waals surface area contributed by atoms with Gasteiger partial charge in [-0.3, -0.25) is 4.79 Å². The van der Waals surface area contributed by atoms with E-state index in [1.165, 1.54) is 6.20 Å². The van der Waals surface area contributed by atoms with Crippen molar-refractivity contribution in [1.82, 2.24) is 0 Å². The number of nitrogens with zero attached hydrogens (tertiary/aromatic N) is 1. The van der Waals surface area contributed by atoms with Crippen molar-refractivity contribution in [3.8, 4) is 11.8 Å². The summed E-state index contributed by atoms with van der Waals surface area (Å²) in [5, 5.41) is 14.8. The SMILES string of the molecule is CCCCOC(=O)c1ccccc1N/C=C(/C#N)C(=O)Nc1ccc(OC)cc1. The number of unbranched alkanes of at least 4 members (excludes halogenated alkanes) is 1. The largest absolute Gasteiger partial charge is 0.497 e. The van der Waals surface area contributed by atoms with Gasteiger partial charge >= 0.3 is 5.97 Å². The predicted molar refractivity (Wildman–Crippen MR) is 111 cm³/mol. The molecule has 2 rings (SSSR count). The third kappa shape index (κ3) is 6.40. The normalized spacial score (nSPS) is 10.6. The van der Waals surface area contributed by atoms with Crippen LogP contribution in [0.15, 0.2) is 60.3 Å². The van der Waals surface area contributed by atoms with Gasteiger partial charge in [0.2, 0.25) is 0 Å². The van der Waals surface area contributed by atoms with Crippen LogP contribution < -0.4 is 15.4 Å². The molecule has 0 heterocycles. The predicted octanol–water partition coefficient (Wildman–Crippen LogP) is 4.11. The summed E-state index contributed by atoms with van der Waals surface area (Å²) in [6, 6.07) is 15.3. The fourth-order valence-corrected chi connectivity index (χ4v) is 2.35. The third-order valence-electron chi connectivity index (χ3n) is 3.96. The Bertz CT molecular complexity index is 914. The zero-order chi connectivity index (χ0) is 21.1. The van der Waals surface area contributed by atoms with E-state index in [1.807, 2.05) is 13.0 Å². The minimum Gasteiger partial charge on any atom is -0.497 e. The lowest BCUT2D eigenvalue weighted by Crippen LogP contribution is -2.15. The number of carbonyl (C=O) groups is 2. The Morgan fingerprint density at radius 2 is 1.86 bits per heavy atom. The molecule has 0 aliphatic rings. The van der Waals surface area contributed by atoms with Crippen LogP contribution in [-0.2, 0) is 9.53 Å². The molecule has 7 nitrogen and oxygen atoms in total. The molecule has 0 aliphatic carbocycles. The molecular formula is C22H23N3O4. The van der Waals surface area contributed by atoms with E-state index in [4.69, 9.17) is 9.47 Å². The molecule has 2 aromatic rings. The minimum atomic E-state index is -0.576. The van der Waals surface area contributed by atoms with E-state index in [0.29, 0.717) is 29.3 Å². The number of esters is 1. The molecule has 0 aliphatic heterocycles. The molecule has 0 radical (unpaired) electrons. The number of anilines is 2. The van der Waals surface area contributed by atoms with Gasteiger partial charge in [-0.15, -0.1) is 0 Å². The van der Waals surface area contributed by atoms with Gasteiger partial charge in [0.1, 0.15) is 17.4 Å². The van der Waals surface area contributed by atoms with Crippen molar-refractivity contribution < 1.29 is 19.1 Å². The van der Waals surface area contributed by atoms with E-state index in [0.717, 1.165) is 12.8 Å². The van der Waals surface area contributed by atoms with Crippen molar-refractivity contribution in [3.05, 3.63) is 65.9 Å². The number of carbonyl (C=O) groups excluding carboxylic acids is 2. The lowest BCUT2D eigenvalue weighted by Gasteiger charge is -2.10. The molecule has 0 saturated carbocycles. The average Bonchev–Trinajstić information content (AvgIpc) is 2.75. The maximum atomic E-state index is 12.3. The van der Waals surface area contributed by atoms with Crippen LogP contribution in [0.25, 0.3) is 0 Å². The first-order valence-corrected chi connectivity index (χ1v) is 9.17. The molecule has 0 unspecified atom stereocenters. The number of benzene rings is 2. The van der Waals surface area contributed by atoms with Crippen molar-refractivity contribution in [2.75, 3.05) is 24.4 Å². The van der Waals surface area contributed by atoms with E-state index < -0.39 is 11.9 Å². The molecule has 0 fully saturated rings. The van der Waals surface area contributed by atoms with Crippen LogP contribution in [-0.4, -0.2) is 25.6 Å². The van der Waals surface area contributed by atoms with Crippen molar-refractivity contribution >= 4 is 23.3 Å². The first-order chi connectivity index (χ1) is 14.1. The Morgan fingerprint density at radius 3 is 2.52 bits per heavy atom. The summed E-state index contributed by atoms with van der Waals surface area (Å²) < 4.78 is 10.3. The molecule has 0 atom stereocenters. The molecule has 0 saturated heterocycles. The molecule has 29 heavy (non-hydrogen) atoms. The second-order valence-electron chi connectivity index (χ2n) is 6.03. The number of nitriles is 1. The molecule has 150 valence electrons. The fraction of sp³-hybridized carbons (Fsp3) is 0.227. The van der Waals surface area contributed by atoms with Crippen LogP contribution in [0.1, 0.15) is 30.1 Å². The van der Waals surface area contributed by atoms with Gasteiger partial charge in [-0.05, 0) is 42.8 Å². The molecular weight excluding hydrogens is 370 g/mol. The lowest BCUT2D eigenvalue weighted by atomic mass is 10.1. The summed E-state index contributed by atoms with van der Waals surface area (Å²) in [4.78, 5) is 24.6. The van der Waals surface area contributed by atoms with Crippen LogP contribution in [0.3, 0.4) is 0 Å². The Hall–Kier alpha value is -3.79. The summed E-state index contributed by atoms with van der Waals surface area (Å²) in [6.07, 6.45) is 2.97. The first kappa shape index (κ1) is 21.5. The fourth-order valence-electron chi connectivity index (χ4n) is 2.35. The number of amides is 1. The Kier molecular flexibility index (Phi) is 8.27. The standard InChI is InChI=1S/C22H23N3O4/c1-3-4-13-29-22(27)19-7-5-6-8-20(19)24-15-16(14-23)21(26)25-17-9-11-18(28-2)12-10-17/h5-12,15,24H,3-4,13H2,1-2H3,(H,25,26)/b16-15-. The maximum absolute atomic E-state index is 12.3. The minimum absolute atomic E-state index is 0.144. The van der Waals surface area contributed by atoms with Gasteiger partial charge < -0.3 is 20.1 Å². The summed E-state index contributed by atoms with van der Waals surface area (Å²) in [6.45, 7) is 2.35. The quantitative estimate of drug-likeness (QED) is 0.288. The monoisotopic (exact) mass is 393 g/mol. The smallest absolute Gasteiger partial charge is 0.340 e. The van der Waals surface area contributed by atoms with Gasteiger partial charge in [0.25, 0.3) is 5.91 Å². The highest BCUT2D eigenvalue weighted by atomic mass is 16.5. The highest BCUT2D eigenvalue weighted by molar-refractivity contribution is 6.07. The molecule has 0 bridgehead atoms. The van der Waals surface area contributed by atoms with Crippen molar-refractivity contribution in [1.29, 1.82) is 5.26 Å². The zero-order valence-corrected chi connectivity index (χ0v) is 16.4.